The smallest absolute Gasteiger partial charge is 0.257 e. The number of amides is 1. The highest BCUT2D eigenvalue weighted by Crippen LogP contribution is 2.15. The van der Waals surface area contributed by atoms with Gasteiger partial charge in [-0.25, -0.2) is 0 Å². The van der Waals surface area contributed by atoms with Crippen LogP contribution in [-0.2, 0) is 0 Å². The second-order valence-corrected chi connectivity index (χ2v) is 4.79. The Kier molecular flexibility index (Phi) is 5.21. The van der Waals surface area contributed by atoms with Crippen LogP contribution < -0.4 is 10.1 Å². The van der Waals surface area contributed by atoms with E-state index in [0.717, 1.165) is 11.3 Å². The van der Waals surface area contributed by atoms with Crippen molar-refractivity contribution in [1.82, 2.24) is 10.5 Å². The van der Waals surface area contributed by atoms with Crippen LogP contribution in [0.15, 0.2) is 28.8 Å². The first-order valence-electron chi connectivity index (χ1n) is 6.95. The molecule has 0 saturated heterocycles. The zero-order chi connectivity index (χ0) is 15.9. The van der Waals surface area contributed by atoms with Gasteiger partial charge in [-0.2, -0.15) is 0 Å². The molecule has 22 heavy (non-hydrogen) atoms. The molecule has 0 radical (unpaired) electrons. The van der Waals surface area contributed by atoms with Crippen LogP contribution in [0.3, 0.4) is 0 Å². The third kappa shape index (κ3) is 3.89. The highest BCUT2D eigenvalue weighted by Gasteiger charge is 2.16. The monoisotopic (exact) mass is 298 g/mol. The van der Waals surface area contributed by atoms with Crippen LogP contribution in [0.25, 0.3) is 0 Å². The van der Waals surface area contributed by atoms with Crippen molar-refractivity contribution in [3.8, 4) is 17.6 Å². The number of aromatic nitrogens is 1. The Morgan fingerprint density at radius 3 is 2.73 bits per heavy atom. The largest absolute Gasteiger partial charge is 0.481 e. The molecule has 0 spiro atoms. The second-order valence-electron chi connectivity index (χ2n) is 4.79. The quantitative estimate of drug-likeness (QED) is 0.880. The molecule has 114 valence electrons. The highest BCUT2D eigenvalue weighted by molar-refractivity contribution is 5.96. The van der Waals surface area contributed by atoms with Crippen LogP contribution in [0, 0.1) is 32.6 Å². The Balaban J connectivity index is 1.78. The van der Waals surface area contributed by atoms with Crippen molar-refractivity contribution >= 4 is 5.91 Å². The minimum absolute atomic E-state index is 0.231. The van der Waals surface area contributed by atoms with Crippen molar-refractivity contribution in [3.05, 3.63) is 46.8 Å². The molecule has 0 aliphatic carbocycles. The molecule has 5 heteroatoms. The van der Waals surface area contributed by atoms with E-state index in [4.69, 9.17) is 9.26 Å². The number of nitrogens with zero attached hydrogens (tertiary/aromatic N) is 1. The van der Waals surface area contributed by atoms with E-state index in [1.165, 1.54) is 0 Å². The molecule has 0 unspecified atom stereocenters. The molecule has 0 bridgehead atoms. The first-order valence-corrected chi connectivity index (χ1v) is 6.95. The zero-order valence-corrected chi connectivity index (χ0v) is 12.9. The number of rotatable bonds is 4. The number of aryl methyl sites for hydroxylation is 3. The molecule has 0 saturated carbocycles. The maximum Gasteiger partial charge on any atom is 0.257 e. The molecule has 5 nitrogen and oxygen atoms in total. The average molecular weight is 298 g/mol. The lowest BCUT2D eigenvalue weighted by atomic mass is 10.2. The zero-order valence-electron chi connectivity index (χ0n) is 12.9. The van der Waals surface area contributed by atoms with Gasteiger partial charge >= 0.3 is 0 Å². The summed E-state index contributed by atoms with van der Waals surface area (Å²) < 4.78 is 10.5. The van der Waals surface area contributed by atoms with Crippen LogP contribution in [0.4, 0.5) is 0 Å². The lowest BCUT2D eigenvalue weighted by Gasteiger charge is -2.04. The number of hydrogen-bond donors (Lipinski definition) is 1. The average Bonchev–Trinajstić information content (AvgIpc) is 2.83. The number of benzene rings is 1. The summed E-state index contributed by atoms with van der Waals surface area (Å²) in [7, 11) is 0. The van der Waals surface area contributed by atoms with Crippen LogP contribution in [0.5, 0.6) is 5.75 Å². The minimum atomic E-state index is -0.231. The van der Waals surface area contributed by atoms with E-state index in [1.54, 1.807) is 13.8 Å². The fourth-order valence-corrected chi connectivity index (χ4v) is 1.97. The van der Waals surface area contributed by atoms with Crippen molar-refractivity contribution in [2.24, 2.45) is 0 Å². The predicted octanol–water partition coefficient (Wildman–Crippen LogP) is 2.41. The van der Waals surface area contributed by atoms with Gasteiger partial charge in [-0.3, -0.25) is 4.79 Å². The molecular formula is C17H18N2O3. The minimum Gasteiger partial charge on any atom is -0.481 e. The van der Waals surface area contributed by atoms with Gasteiger partial charge in [0.1, 0.15) is 23.7 Å². The first kappa shape index (κ1) is 15.6. The van der Waals surface area contributed by atoms with Gasteiger partial charge < -0.3 is 14.6 Å². The Labute approximate surface area is 129 Å². The number of ether oxygens (including phenoxy) is 1. The Bertz CT molecular complexity index is 703. The van der Waals surface area contributed by atoms with E-state index in [-0.39, 0.29) is 19.1 Å². The van der Waals surface area contributed by atoms with Crippen LogP contribution in [0.1, 0.15) is 27.4 Å². The van der Waals surface area contributed by atoms with Crippen LogP contribution >= 0.6 is 0 Å². The molecule has 0 atom stereocenters. The topological polar surface area (TPSA) is 64.4 Å². The SMILES string of the molecule is Cc1ccccc1OCC#CCNC(=O)c1c(C)noc1C. The Morgan fingerprint density at radius 1 is 1.27 bits per heavy atom. The fraction of sp³-hybridized carbons (Fsp3) is 0.294. The molecule has 0 fully saturated rings. The van der Waals surface area contributed by atoms with Crippen molar-refractivity contribution < 1.29 is 14.1 Å². The summed E-state index contributed by atoms with van der Waals surface area (Å²) in [5.74, 6) is 6.80. The molecule has 1 aromatic heterocycles. The van der Waals surface area contributed by atoms with Crippen molar-refractivity contribution in [3.63, 3.8) is 0 Å². The summed E-state index contributed by atoms with van der Waals surface area (Å²) in [5, 5.41) is 6.45. The van der Waals surface area contributed by atoms with E-state index < -0.39 is 0 Å². The van der Waals surface area contributed by atoms with Gasteiger partial charge in [0.2, 0.25) is 0 Å². The molecular weight excluding hydrogens is 280 g/mol. The maximum absolute atomic E-state index is 11.9. The van der Waals surface area contributed by atoms with Gasteiger partial charge in [-0.05, 0) is 32.4 Å². The normalized spacial score (nSPS) is 9.77. The van der Waals surface area contributed by atoms with E-state index in [2.05, 4.69) is 22.3 Å². The lowest BCUT2D eigenvalue weighted by molar-refractivity contribution is 0.0956. The lowest BCUT2D eigenvalue weighted by Crippen LogP contribution is -2.24. The molecule has 1 amide bonds. The molecule has 1 heterocycles. The van der Waals surface area contributed by atoms with Gasteiger partial charge in [0, 0.05) is 0 Å². The summed E-state index contributed by atoms with van der Waals surface area (Å²) in [6.07, 6.45) is 0. The number of carbonyl (C=O) groups excluding carboxylic acids is 1. The molecule has 2 aromatic rings. The maximum atomic E-state index is 11.9. The summed E-state index contributed by atoms with van der Waals surface area (Å²) in [4.78, 5) is 11.9. The summed E-state index contributed by atoms with van der Waals surface area (Å²) >= 11 is 0. The molecule has 1 N–H and O–H groups in total. The number of carbonyl (C=O) groups is 1. The van der Waals surface area contributed by atoms with Gasteiger partial charge in [-0.15, -0.1) is 0 Å². The van der Waals surface area contributed by atoms with Crippen LogP contribution in [-0.4, -0.2) is 24.2 Å². The number of nitrogens with one attached hydrogen (secondary N) is 1. The van der Waals surface area contributed by atoms with E-state index in [9.17, 15) is 4.79 Å². The third-order valence-electron chi connectivity index (χ3n) is 3.12. The molecule has 2 rings (SSSR count). The van der Waals surface area contributed by atoms with Crippen LogP contribution in [0.2, 0.25) is 0 Å². The van der Waals surface area contributed by atoms with Gasteiger partial charge in [0.25, 0.3) is 5.91 Å². The van der Waals surface area contributed by atoms with Gasteiger partial charge in [0.05, 0.1) is 12.2 Å². The Morgan fingerprint density at radius 2 is 2.05 bits per heavy atom. The van der Waals surface area contributed by atoms with Crippen molar-refractivity contribution in [2.45, 2.75) is 20.8 Å². The van der Waals surface area contributed by atoms with E-state index >= 15 is 0 Å². The van der Waals surface area contributed by atoms with E-state index in [1.807, 2.05) is 31.2 Å². The predicted molar refractivity (Wildman–Crippen MR) is 82.8 cm³/mol. The fourth-order valence-electron chi connectivity index (χ4n) is 1.97. The van der Waals surface area contributed by atoms with Crippen molar-refractivity contribution in [1.29, 1.82) is 0 Å². The number of para-hydroxylation sites is 1. The molecule has 0 aliphatic heterocycles. The third-order valence-corrected chi connectivity index (χ3v) is 3.12. The van der Waals surface area contributed by atoms with Gasteiger partial charge in [-0.1, -0.05) is 35.2 Å². The van der Waals surface area contributed by atoms with E-state index in [0.29, 0.717) is 17.0 Å². The molecule has 1 aromatic carbocycles. The van der Waals surface area contributed by atoms with Crippen molar-refractivity contribution in [2.75, 3.05) is 13.2 Å². The summed E-state index contributed by atoms with van der Waals surface area (Å²) in [5.41, 5.74) is 2.11. The Hall–Kier alpha value is -2.74. The first-order chi connectivity index (χ1) is 10.6. The second kappa shape index (κ2) is 7.32. The van der Waals surface area contributed by atoms with Gasteiger partial charge in [0.15, 0.2) is 0 Å². The standard InChI is InChI=1S/C17H18N2O3/c1-12-8-4-5-9-15(12)21-11-7-6-10-18-17(20)16-13(2)19-22-14(16)3/h4-5,8-9H,10-11H2,1-3H3,(H,18,20). The molecule has 0 aliphatic rings. The number of hydrogen-bond acceptors (Lipinski definition) is 4. The highest BCUT2D eigenvalue weighted by atomic mass is 16.5. The summed E-state index contributed by atoms with van der Waals surface area (Å²) in [6, 6.07) is 7.75. The summed E-state index contributed by atoms with van der Waals surface area (Å²) in [6.45, 7) is 5.95.